The fourth-order valence-electron chi connectivity index (χ4n) is 4.50. The SMILES string of the molecule is COC(=O)Nc1nc2cc(S(=O)(=O)N(CC(C)C)C(O)(CCNC(=O)CC(C)(C)CN)Cc3ccccc3)ccc2[nH]1. The average molecular weight is 603 g/mol. The quantitative estimate of drug-likeness (QED) is 0.175. The summed E-state index contributed by atoms with van der Waals surface area (Å²) in [5.41, 5.74) is 5.03. The molecule has 1 atom stereocenters. The van der Waals surface area contributed by atoms with Crippen molar-refractivity contribution < 1.29 is 27.9 Å². The van der Waals surface area contributed by atoms with Gasteiger partial charge in [-0.2, -0.15) is 4.31 Å². The zero-order valence-electron chi connectivity index (χ0n) is 24.8. The van der Waals surface area contributed by atoms with Crippen molar-refractivity contribution in [1.29, 1.82) is 0 Å². The molecule has 12 nitrogen and oxygen atoms in total. The minimum Gasteiger partial charge on any atom is -0.453 e. The Morgan fingerprint density at radius 2 is 1.86 bits per heavy atom. The van der Waals surface area contributed by atoms with Gasteiger partial charge in [0.05, 0.1) is 23.0 Å². The number of carbonyl (C=O) groups is 2. The third-order valence-corrected chi connectivity index (χ3v) is 8.73. The van der Waals surface area contributed by atoms with Crippen molar-refractivity contribution in [3.8, 4) is 0 Å². The maximum Gasteiger partial charge on any atom is 0.413 e. The number of aliphatic hydroxyl groups is 1. The second kappa shape index (κ2) is 13.6. The Hall–Kier alpha value is -3.52. The summed E-state index contributed by atoms with van der Waals surface area (Å²) in [6.07, 6.45) is -0.581. The Labute approximate surface area is 247 Å². The van der Waals surface area contributed by atoms with E-state index < -0.39 is 27.3 Å². The largest absolute Gasteiger partial charge is 0.453 e. The van der Waals surface area contributed by atoms with Crippen LogP contribution in [0.1, 0.15) is 46.1 Å². The number of nitrogens with one attached hydrogen (secondary N) is 3. The zero-order valence-corrected chi connectivity index (χ0v) is 25.6. The lowest BCUT2D eigenvalue weighted by Crippen LogP contribution is -2.55. The predicted octanol–water partition coefficient (Wildman–Crippen LogP) is 3.20. The summed E-state index contributed by atoms with van der Waals surface area (Å²) in [6, 6.07) is 13.5. The number of methoxy groups -OCH3 is 1. The van der Waals surface area contributed by atoms with Gasteiger partial charge >= 0.3 is 6.09 Å². The van der Waals surface area contributed by atoms with E-state index in [1.165, 1.54) is 19.2 Å². The van der Waals surface area contributed by atoms with E-state index in [0.717, 1.165) is 9.87 Å². The molecule has 6 N–H and O–H groups in total. The molecule has 13 heteroatoms. The molecule has 3 aromatic rings. The summed E-state index contributed by atoms with van der Waals surface area (Å²) in [5, 5.41) is 17.4. The lowest BCUT2D eigenvalue weighted by molar-refractivity contribution is -0.123. The number of nitrogens with zero attached hydrogens (tertiary/aromatic N) is 2. The molecule has 42 heavy (non-hydrogen) atoms. The Kier molecular flexibility index (Phi) is 10.7. The number of H-pyrrole nitrogens is 1. The molecule has 3 rings (SSSR count). The van der Waals surface area contributed by atoms with Gasteiger partial charge in [-0.05, 0) is 41.6 Å². The molecule has 0 aliphatic rings. The number of carbonyl (C=O) groups excluding carboxylic acids is 2. The van der Waals surface area contributed by atoms with Crippen LogP contribution in [-0.4, -0.2) is 72.3 Å². The second-order valence-corrected chi connectivity index (χ2v) is 13.5. The third-order valence-electron chi connectivity index (χ3n) is 6.81. The van der Waals surface area contributed by atoms with Gasteiger partial charge in [-0.15, -0.1) is 0 Å². The fourth-order valence-corrected chi connectivity index (χ4v) is 6.35. The standard InChI is InChI=1S/C29H42N6O6S/c1-20(2)18-35(42(39,40)22-11-12-23-24(15-22)33-26(32-23)34-27(37)41-5)29(38,16-21-9-7-6-8-10-21)13-14-31-25(36)17-28(3,4)19-30/h6-12,15,20,38H,13-14,16-19,30H2,1-5H3,(H,31,36)(H2,32,33,34,37). The summed E-state index contributed by atoms with van der Waals surface area (Å²) in [7, 11) is -3.06. The number of hydrogen-bond donors (Lipinski definition) is 5. The molecule has 230 valence electrons. The monoisotopic (exact) mass is 602 g/mol. The lowest BCUT2D eigenvalue weighted by atomic mass is 9.89. The maximum absolute atomic E-state index is 14.2. The van der Waals surface area contributed by atoms with Crippen molar-refractivity contribution in [1.82, 2.24) is 19.6 Å². The topological polar surface area (TPSA) is 180 Å². The Morgan fingerprint density at radius 3 is 2.48 bits per heavy atom. The maximum atomic E-state index is 14.2. The number of rotatable bonds is 14. The number of aromatic nitrogens is 2. The van der Waals surface area contributed by atoms with Crippen LogP contribution in [0.4, 0.5) is 10.7 Å². The van der Waals surface area contributed by atoms with Crippen molar-refractivity contribution in [2.45, 2.75) is 57.6 Å². The van der Waals surface area contributed by atoms with Gasteiger partial charge in [-0.3, -0.25) is 10.1 Å². The molecule has 0 aliphatic heterocycles. The molecule has 0 fully saturated rings. The van der Waals surface area contributed by atoms with Crippen molar-refractivity contribution in [2.24, 2.45) is 17.1 Å². The van der Waals surface area contributed by atoms with Crippen LogP contribution in [-0.2, 0) is 26.0 Å². The van der Waals surface area contributed by atoms with E-state index in [9.17, 15) is 23.1 Å². The van der Waals surface area contributed by atoms with Gasteiger partial charge < -0.3 is 25.9 Å². The number of anilines is 1. The molecule has 1 unspecified atom stereocenters. The molecule has 1 heterocycles. The molecule has 0 aliphatic carbocycles. The van der Waals surface area contributed by atoms with Crippen molar-refractivity contribution in [3.63, 3.8) is 0 Å². The van der Waals surface area contributed by atoms with Gasteiger partial charge in [0, 0.05) is 32.4 Å². The number of imidazole rings is 1. The summed E-state index contributed by atoms with van der Waals surface area (Å²) in [5.74, 6) is -0.266. The Bertz CT molecular complexity index is 1470. The first kappa shape index (κ1) is 33.0. The molecule has 0 spiro atoms. The molecular formula is C29H42N6O6S. The number of nitrogens with two attached hydrogens (primary N) is 1. The van der Waals surface area contributed by atoms with Gasteiger partial charge in [0.15, 0.2) is 0 Å². The van der Waals surface area contributed by atoms with Crippen molar-refractivity contribution in [3.05, 3.63) is 54.1 Å². The van der Waals surface area contributed by atoms with Crippen LogP contribution in [0.15, 0.2) is 53.4 Å². The van der Waals surface area contributed by atoms with Crippen LogP contribution in [0.25, 0.3) is 11.0 Å². The highest BCUT2D eigenvalue weighted by molar-refractivity contribution is 7.89. The fraction of sp³-hybridized carbons (Fsp3) is 0.483. The summed E-state index contributed by atoms with van der Waals surface area (Å²) >= 11 is 0. The zero-order chi connectivity index (χ0) is 31.1. The molecule has 1 aromatic heterocycles. The van der Waals surface area contributed by atoms with Gasteiger partial charge in [0.1, 0.15) is 5.72 Å². The number of sulfonamides is 1. The molecule has 2 aromatic carbocycles. The van der Waals surface area contributed by atoms with Crippen LogP contribution >= 0.6 is 0 Å². The number of benzene rings is 2. The molecule has 0 bridgehead atoms. The van der Waals surface area contributed by atoms with Gasteiger partial charge in [0.2, 0.25) is 21.9 Å². The molecule has 0 saturated carbocycles. The van der Waals surface area contributed by atoms with Gasteiger partial charge in [-0.25, -0.2) is 18.2 Å². The van der Waals surface area contributed by atoms with Gasteiger partial charge in [0.25, 0.3) is 0 Å². The number of hydrogen-bond acceptors (Lipinski definition) is 8. The number of amides is 2. The van der Waals surface area contributed by atoms with E-state index in [1.54, 1.807) is 6.07 Å². The average Bonchev–Trinajstić information content (AvgIpc) is 3.33. The normalized spacial score (nSPS) is 13.7. The molecular weight excluding hydrogens is 560 g/mol. The van der Waals surface area contributed by atoms with E-state index in [2.05, 4.69) is 25.3 Å². The van der Waals surface area contributed by atoms with Crippen LogP contribution in [0, 0.1) is 11.3 Å². The van der Waals surface area contributed by atoms with E-state index >= 15 is 0 Å². The first-order valence-corrected chi connectivity index (χ1v) is 15.2. The molecule has 0 radical (unpaired) electrons. The van der Waals surface area contributed by atoms with Crippen LogP contribution in [0.3, 0.4) is 0 Å². The smallest absolute Gasteiger partial charge is 0.413 e. The van der Waals surface area contributed by atoms with Crippen LogP contribution in [0.5, 0.6) is 0 Å². The van der Waals surface area contributed by atoms with E-state index in [4.69, 9.17) is 5.73 Å². The minimum atomic E-state index is -4.28. The van der Waals surface area contributed by atoms with Crippen LogP contribution in [0.2, 0.25) is 0 Å². The summed E-state index contributed by atoms with van der Waals surface area (Å²) in [4.78, 5) is 31.3. The van der Waals surface area contributed by atoms with Crippen molar-refractivity contribution >= 4 is 39.0 Å². The molecule has 0 saturated heterocycles. The third kappa shape index (κ3) is 8.51. The summed E-state index contributed by atoms with van der Waals surface area (Å²) < 4.78 is 34.2. The molecule has 2 amide bonds. The second-order valence-electron chi connectivity index (χ2n) is 11.6. The number of ether oxygens (including phenoxy) is 1. The van der Waals surface area contributed by atoms with E-state index in [0.29, 0.717) is 17.6 Å². The highest BCUT2D eigenvalue weighted by Gasteiger charge is 2.43. The highest BCUT2D eigenvalue weighted by atomic mass is 32.2. The summed E-state index contributed by atoms with van der Waals surface area (Å²) in [6.45, 7) is 7.91. The van der Waals surface area contributed by atoms with E-state index in [-0.39, 0.29) is 55.0 Å². The highest BCUT2D eigenvalue weighted by Crippen LogP contribution is 2.31. The number of aromatic amines is 1. The minimum absolute atomic E-state index is 0.00179. The number of fused-ring (bicyclic) bond motifs is 1. The van der Waals surface area contributed by atoms with E-state index in [1.807, 2.05) is 58.0 Å². The first-order chi connectivity index (χ1) is 19.7. The Balaban J connectivity index is 1.98. The van der Waals surface area contributed by atoms with Crippen LogP contribution < -0.4 is 16.4 Å². The Morgan fingerprint density at radius 1 is 1.17 bits per heavy atom. The predicted molar refractivity (Wildman–Crippen MR) is 161 cm³/mol. The van der Waals surface area contributed by atoms with Gasteiger partial charge in [-0.1, -0.05) is 58.0 Å². The van der Waals surface area contributed by atoms with Crippen molar-refractivity contribution in [2.75, 3.05) is 32.1 Å². The first-order valence-electron chi connectivity index (χ1n) is 13.8. The lowest BCUT2D eigenvalue weighted by Gasteiger charge is -2.40.